The maximum absolute atomic E-state index is 13.3. The van der Waals surface area contributed by atoms with Gasteiger partial charge in [0, 0.05) is 19.0 Å². The minimum Gasteiger partial charge on any atom is -0.496 e. The molecule has 2 atom stereocenters. The van der Waals surface area contributed by atoms with Gasteiger partial charge in [-0.15, -0.1) is 5.10 Å². The summed E-state index contributed by atoms with van der Waals surface area (Å²) in [5, 5.41) is 11.4. The van der Waals surface area contributed by atoms with Crippen molar-refractivity contribution in [1.82, 2.24) is 20.2 Å². The minimum absolute atomic E-state index is 0.140. The number of thioether (sulfide) groups is 1. The van der Waals surface area contributed by atoms with E-state index in [9.17, 15) is 9.59 Å². The van der Waals surface area contributed by atoms with E-state index >= 15 is 0 Å². The first kappa shape index (κ1) is 24.8. The Morgan fingerprint density at radius 1 is 1.21 bits per heavy atom. The summed E-state index contributed by atoms with van der Waals surface area (Å²) < 4.78 is 18.6. The number of halogens is 1. The van der Waals surface area contributed by atoms with Crippen molar-refractivity contribution in [2.45, 2.75) is 74.4 Å². The van der Waals surface area contributed by atoms with Gasteiger partial charge in [0.05, 0.1) is 19.2 Å². The zero-order valence-electron chi connectivity index (χ0n) is 19.6. The summed E-state index contributed by atoms with van der Waals surface area (Å²) in [6.07, 6.45) is 5.26. The minimum atomic E-state index is -0.962. The molecule has 0 amide bonds. The van der Waals surface area contributed by atoms with Crippen LogP contribution in [0.1, 0.15) is 51.0 Å². The largest absolute Gasteiger partial charge is 0.496 e. The first-order chi connectivity index (χ1) is 16.4. The Morgan fingerprint density at radius 2 is 1.94 bits per heavy atom. The van der Waals surface area contributed by atoms with Gasteiger partial charge in [-0.1, -0.05) is 36.2 Å². The van der Waals surface area contributed by atoms with Crippen molar-refractivity contribution in [2.24, 2.45) is 5.92 Å². The molecule has 1 aliphatic carbocycles. The fourth-order valence-corrected chi connectivity index (χ4v) is 6.20. The topological polar surface area (TPSA) is 105 Å². The van der Waals surface area contributed by atoms with Gasteiger partial charge in [-0.2, -0.15) is 0 Å². The molecule has 2 fully saturated rings. The van der Waals surface area contributed by atoms with Gasteiger partial charge in [0.15, 0.2) is 11.0 Å². The van der Waals surface area contributed by atoms with Crippen molar-refractivity contribution in [3.05, 3.63) is 22.7 Å². The molecule has 2 unspecified atom stereocenters. The number of aromatic nitrogens is 4. The lowest BCUT2D eigenvalue weighted by molar-refractivity contribution is -0.177. The molecule has 1 saturated heterocycles. The number of ether oxygens (including phenoxy) is 3. The number of aryl methyl sites for hydroxylation is 2. The molecule has 2 aromatic rings. The summed E-state index contributed by atoms with van der Waals surface area (Å²) in [5.41, 5.74) is 0.0447. The van der Waals surface area contributed by atoms with E-state index in [-0.39, 0.29) is 18.1 Å². The number of hydrogen-bond acceptors (Lipinski definition) is 9. The number of hydrogen-bond donors (Lipinski definition) is 0. The molecule has 184 valence electrons. The lowest BCUT2D eigenvalue weighted by atomic mass is 9.76. The van der Waals surface area contributed by atoms with Crippen molar-refractivity contribution < 1.29 is 23.8 Å². The summed E-state index contributed by atoms with van der Waals surface area (Å²) in [6.45, 7) is 2.44. The van der Waals surface area contributed by atoms with Crippen molar-refractivity contribution in [1.29, 1.82) is 0 Å². The Hall–Kier alpha value is -2.33. The van der Waals surface area contributed by atoms with E-state index in [0.717, 1.165) is 43.0 Å². The third-order valence-electron chi connectivity index (χ3n) is 6.78. The van der Waals surface area contributed by atoms with Crippen LogP contribution in [0.25, 0.3) is 0 Å². The molecule has 1 aromatic heterocycles. The Morgan fingerprint density at radius 3 is 2.59 bits per heavy atom. The molecular weight excluding hydrogens is 480 g/mol. The van der Waals surface area contributed by atoms with Gasteiger partial charge in [0.2, 0.25) is 5.16 Å². The zero-order valence-corrected chi connectivity index (χ0v) is 21.2. The van der Waals surface area contributed by atoms with Crippen LogP contribution in [0.3, 0.4) is 0 Å². The van der Waals surface area contributed by atoms with Crippen LogP contribution in [-0.4, -0.2) is 57.0 Å². The summed E-state index contributed by atoms with van der Waals surface area (Å²) in [5.74, 6) is 0.668. The van der Waals surface area contributed by atoms with Crippen LogP contribution >= 0.6 is 23.4 Å². The lowest BCUT2D eigenvalue weighted by Gasteiger charge is -2.42. The average molecular weight is 509 g/mol. The molecule has 0 spiro atoms. The van der Waals surface area contributed by atoms with Gasteiger partial charge >= 0.3 is 5.97 Å². The fourth-order valence-electron chi connectivity index (χ4n) is 4.99. The molecule has 1 aromatic carbocycles. The molecule has 0 N–H and O–H groups in total. The van der Waals surface area contributed by atoms with Crippen LogP contribution in [0.15, 0.2) is 17.3 Å². The third kappa shape index (κ3) is 4.88. The number of ketones is 1. The molecule has 9 nitrogen and oxygen atoms in total. The van der Waals surface area contributed by atoms with Gasteiger partial charge in [-0.05, 0) is 60.6 Å². The van der Waals surface area contributed by atoms with Gasteiger partial charge in [-0.25, -0.2) is 4.68 Å². The number of nitrogens with zero attached hydrogens (tertiary/aromatic N) is 4. The van der Waals surface area contributed by atoms with Crippen LogP contribution in [0.5, 0.6) is 11.5 Å². The standard InChI is InChI=1S/C23H29ClN4O5S/c1-4-28-22(25-26-27-28)34-20-17(29)13-23(33-21(20)30,15-7-5-6-8-15)10-9-14-11-16(24)19(32-3)12-18(14)31-2/h11-12,15,20H,4-10,13H2,1-3H3. The van der Waals surface area contributed by atoms with Crippen molar-refractivity contribution in [3.8, 4) is 11.5 Å². The van der Waals surface area contributed by atoms with Crippen LogP contribution in [0.2, 0.25) is 5.02 Å². The molecule has 34 heavy (non-hydrogen) atoms. The molecular formula is C23H29ClN4O5S. The number of methoxy groups -OCH3 is 2. The molecule has 2 aliphatic rings. The predicted molar refractivity (Wildman–Crippen MR) is 126 cm³/mol. The first-order valence-electron chi connectivity index (χ1n) is 11.5. The van der Waals surface area contributed by atoms with E-state index in [2.05, 4.69) is 15.5 Å². The third-order valence-corrected chi connectivity index (χ3v) is 8.27. The smallest absolute Gasteiger partial charge is 0.327 e. The van der Waals surface area contributed by atoms with Crippen LogP contribution < -0.4 is 9.47 Å². The second kappa shape index (κ2) is 10.5. The summed E-state index contributed by atoms with van der Waals surface area (Å²) in [6, 6.07) is 3.57. The van der Waals surface area contributed by atoms with Gasteiger partial charge in [-0.3, -0.25) is 9.59 Å². The van der Waals surface area contributed by atoms with Gasteiger partial charge < -0.3 is 14.2 Å². The second-order valence-electron chi connectivity index (χ2n) is 8.68. The number of rotatable bonds is 9. The van der Waals surface area contributed by atoms with E-state index in [1.165, 1.54) is 0 Å². The Balaban J connectivity index is 1.56. The number of carbonyl (C=O) groups excluding carboxylic acids is 2. The number of Topliss-reactive ketones (excluding diaryl/α,β-unsaturated/α-hetero) is 1. The lowest BCUT2D eigenvalue weighted by Crippen LogP contribution is -2.53. The van der Waals surface area contributed by atoms with Crippen LogP contribution in [0.4, 0.5) is 0 Å². The predicted octanol–water partition coefficient (Wildman–Crippen LogP) is 3.90. The first-order valence-corrected chi connectivity index (χ1v) is 12.7. The highest BCUT2D eigenvalue weighted by atomic mass is 35.5. The number of tetrazole rings is 1. The van der Waals surface area contributed by atoms with E-state index in [1.807, 2.05) is 13.0 Å². The molecule has 0 radical (unpaired) electrons. The van der Waals surface area contributed by atoms with E-state index in [1.54, 1.807) is 25.0 Å². The molecule has 2 heterocycles. The van der Waals surface area contributed by atoms with Gasteiger partial charge in [0.25, 0.3) is 0 Å². The van der Waals surface area contributed by atoms with E-state index in [0.29, 0.717) is 41.1 Å². The van der Waals surface area contributed by atoms with E-state index < -0.39 is 16.8 Å². The monoisotopic (exact) mass is 508 g/mol. The highest BCUT2D eigenvalue weighted by Crippen LogP contribution is 2.46. The van der Waals surface area contributed by atoms with Crippen molar-refractivity contribution in [2.75, 3.05) is 14.2 Å². The maximum Gasteiger partial charge on any atom is 0.327 e. The highest BCUT2D eigenvalue weighted by Gasteiger charge is 2.52. The second-order valence-corrected chi connectivity index (χ2v) is 10.2. The van der Waals surface area contributed by atoms with Crippen LogP contribution in [-0.2, 0) is 27.3 Å². The van der Waals surface area contributed by atoms with Gasteiger partial charge in [0.1, 0.15) is 17.1 Å². The van der Waals surface area contributed by atoms with Crippen molar-refractivity contribution in [3.63, 3.8) is 0 Å². The summed E-state index contributed by atoms with van der Waals surface area (Å²) >= 11 is 7.42. The Kier molecular flexibility index (Phi) is 7.67. The summed E-state index contributed by atoms with van der Waals surface area (Å²) in [7, 11) is 3.14. The number of esters is 1. The molecule has 1 aliphatic heterocycles. The van der Waals surface area contributed by atoms with Crippen LogP contribution in [0, 0.1) is 5.92 Å². The Bertz CT molecular complexity index is 1040. The molecule has 11 heteroatoms. The quantitative estimate of drug-likeness (QED) is 0.368. The SMILES string of the molecule is CCn1nnnc1SC1C(=O)CC(CCc2cc(Cl)c(OC)cc2OC)(C2CCCC2)OC1=O. The number of cyclic esters (lactones) is 1. The zero-order chi connectivity index (χ0) is 24.3. The highest BCUT2D eigenvalue weighted by molar-refractivity contribution is 8.01. The normalized spacial score (nSPS) is 23.2. The number of benzene rings is 1. The fraction of sp³-hybridized carbons (Fsp3) is 0.609. The summed E-state index contributed by atoms with van der Waals surface area (Å²) in [4.78, 5) is 26.5. The number of carbonyl (C=O) groups is 2. The maximum atomic E-state index is 13.3. The molecule has 4 rings (SSSR count). The molecule has 1 saturated carbocycles. The van der Waals surface area contributed by atoms with E-state index in [4.69, 9.17) is 25.8 Å². The average Bonchev–Trinajstić information content (AvgIpc) is 3.52. The Labute approximate surface area is 207 Å². The van der Waals surface area contributed by atoms with Crippen molar-refractivity contribution >= 4 is 35.1 Å². The molecule has 0 bridgehead atoms.